The molecule has 112 valence electrons. The van der Waals surface area contributed by atoms with Gasteiger partial charge in [0.1, 0.15) is 0 Å². The van der Waals surface area contributed by atoms with Gasteiger partial charge in [-0.05, 0) is 51.4 Å². The highest BCUT2D eigenvalue weighted by Gasteiger charge is 2.39. The van der Waals surface area contributed by atoms with Gasteiger partial charge in [-0.15, -0.1) is 0 Å². The average Bonchev–Trinajstić information content (AvgIpc) is 2.37. The average molecular weight is 275 g/mol. The summed E-state index contributed by atoms with van der Waals surface area (Å²) in [4.78, 5) is 7.11. The van der Waals surface area contributed by atoms with Crippen molar-refractivity contribution in [1.82, 2.24) is 15.2 Å². The molecular weight excluding hydrogens is 246 g/mol. The molecule has 1 aliphatic carbocycles. The van der Waals surface area contributed by atoms with E-state index >= 15 is 0 Å². The molecule has 1 saturated carbocycles. The fraction of sp³-hybridized carbons (Fsp3) is 0.706. The second-order valence-corrected chi connectivity index (χ2v) is 6.90. The summed E-state index contributed by atoms with van der Waals surface area (Å²) in [5, 5.41) is 3.56. The van der Waals surface area contributed by atoms with Crippen LogP contribution in [0.5, 0.6) is 0 Å². The maximum absolute atomic E-state index is 4.63. The molecule has 1 fully saturated rings. The van der Waals surface area contributed by atoms with Crippen LogP contribution in [0.25, 0.3) is 0 Å². The molecule has 2 atom stereocenters. The third kappa shape index (κ3) is 3.39. The van der Waals surface area contributed by atoms with E-state index in [-0.39, 0.29) is 0 Å². The molecule has 2 rings (SSSR count). The first-order chi connectivity index (χ1) is 9.44. The van der Waals surface area contributed by atoms with Gasteiger partial charge in [0, 0.05) is 24.3 Å². The van der Waals surface area contributed by atoms with E-state index in [0.717, 1.165) is 12.2 Å². The summed E-state index contributed by atoms with van der Waals surface area (Å²) in [5.74, 6) is 0. The lowest BCUT2D eigenvalue weighted by Crippen LogP contribution is -2.56. The zero-order chi connectivity index (χ0) is 14.8. The molecule has 3 nitrogen and oxygen atoms in total. The molecule has 2 unspecified atom stereocenters. The Kier molecular flexibility index (Phi) is 4.82. The van der Waals surface area contributed by atoms with Crippen molar-refractivity contribution in [3.8, 4) is 0 Å². The summed E-state index contributed by atoms with van der Waals surface area (Å²) in [5.41, 5.74) is 2.64. The summed E-state index contributed by atoms with van der Waals surface area (Å²) in [6.07, 6.45) is 3.91. The molecule has 1 aliphatic rings. The second-order valence-electron chi connectivity index (χ2n) is 6.90. The molecule has 0 spiro atoms. The van der Waals surface area contributed by atoms with E-state index in [4.69, 9.17) is 0 Å². The number of pyridine rings is 1. The van der Waals surface area contributed by atoms with Crippen LogP contribution in [0, 0.1) is 12.3 Å². The lowest BCUT2D eigenvalue weighted by molar-refractivity contribution is 0.0625. The van der Waals surface area contributed by atoms with Gasteiger partial charge in [0.25, 0.3) is 0 Å². The van der Waals surface area contributed by atoms with Crippen LogP contribution >= 0.6 is 0 Å². The summed E-state index contributed by atoms with van der Waals surface area (Å²) < 4.78 is 0. The molecule has 0 saturated heterocycles. The summed E-state index contributed by atoms with van der Waals surface area (Å²) in [7, 11) is 4.34. The van der Waals surface area contributed by atoms with Crippen LogP contribution in [-0.4, -0.2) is 36.1 Å². The third-order valence-corrected chi connectivity index (χ3v) is 4.78. The van der Waals surface area contributed by atoms with E-state index < -0.39 is 0 Å². The van der Waals surface area contributed by atoms with Crippen LogP contribution in [0.4, 0.5) is 0 Å². The van der Waals surface area contributed by atoms with E-state index in [1.807, 2.05) is 0 Å². The number of aromatic nitrogens is 1. The van der Waals surface area contributed by atoms with Crippen molar-refractivity contribution in [3.63, 3.8) is 0 Å². The molecule has 0 aromatic carbocycles. The summed E-state index contributed by atoms with van der Waals surface area (Å²) >= 11 is 0. The summed E-state index contributed by atoms with van der Waals surface area (Å²) in [6.45, 7) is 7.77. The number of rotatable bonds is 4. The van der Waals surface area contributed by atoms with Gasteiger partial charge in [-0.3, -0.25) is 9.88 Å². The molecule has 0 amide bonds. The molecule has 3 heteroatoms. The first-order valence-corrected chi connectivity index (χ1v) is 7.74. The van der Waals surface area contributed by atoms with Crippen molar-refractivity contribution >= 4 is 0 Å². The van der Waals surface area contributed by atoms with Gasteiger partial charge in [0.15, 0.2) is 0 Å². The fourth-order valence-corrected chi connectivity index (χ4v) is 3.73. The number of hydrogen-bond acceptors (Lipinski definition) is 3. The molecule has 1 heterocycles. The normalized spacial score (nSPS) is 25.9. The quantitative estimate of drug-likeness (QED) is 0.915. The van der Waals surface area contributed by atoms with Crippen molar-refractivity contribution < 1.29 is 0 Å². The summed E-state index contributed by atoms with van der Waals surface area (Å²) in [6, 6.07) is 7.43. The Labute approximate surface area is 123 Å². The van der Waals surface area contributed by atoms with E-state index in [1.54, 1.807) is 0 Å². The minimum Gasteiger partial charge on any atom is -0.315 e. The van der Waals surface area contributed by atoms with Gasteiger partial charge in [0.2, 0.25) is 0 Å². The van der Waals surface area contributed by atoms with Crippen LogP contribution in [-0.2, 0) is 6.54 Å². The van der Waals surface area contributed by atoms with Crippen molar-refractivity contribution in [3.05, 3.63) is 29.6 Å². The molecule has 0 aliphatic heterocycles. The van der Waals surface area contributed by atoms with Crippen molar-refractivity contribution in [2.24, 2.45) is 5.41 Å². The van der Waals surface area contributed by atoms with Crippen LogP contribution in [0.1, 0.15) is 44.5 Å². The van der Waals surface area contributed by atoms with E-state index in [2.05, 4.69) is 68.3 Å². The number of aryl methyl sites for hydroxylation is 1. The maximum atomic E-state index is 4.63. The topological polar surface area (TPSA) is 28.2 Å². The zero-order valence-corrected chi connectivity index (χ0v) is 13.6. The first-order valence-electron chi connectivity index (χ1n) is 7.74. The first kappa shape index (κ1) is 15.5. The Morgan fingerprint density at radius 2 is 2.15 bits per heavy atom. The van der Waals surface area contributed by atoms with Gasteiger partial charge in [-0.1, -0.05) is 26.3 Å². The second kappa shape index (κ2) is 6.23. The highest BCUT2D eigenvalue weighted by molar-refractivity contribution is 5.10. The van der Waals surface area contributed by atoms with Crippen molar-refractivity contribution in [1.29, 1.82) is 0 Å². The van der Waals surface area contributed by atoms with Gasteiger partial charge in [0.05, 0.1) is 5.69 Å². The smallest absolute Gasteiger partial charge is 0.0547 e. The fourth-order valence-electron chi connectivity index (χ4n) is 3.73. The number of likely N-dealkylation sites (N-methyl/N-ethyl adjacent to an activating group) is 2. The van der Waals surface area contributed by atoms with Gasteiger partial charge in [-0.25, -0.2) is 0 Å². The third-order valence-electron chi connectivity index (χ3n) is 4.78. The standard InChI is InChI=1S/C17H29N3/c1-13-8-6-9-14(19-13)12-20(5)15-10-7-11-17(2,3)16(15)18-4/h6,8-9,15-16,18H,7,10-12H2,1-5H3. The Morgan fingerprint density at radius 3 is 2.80 bits per heavy atom. The molecule has 0 bridgehead atoms. The van der Waals surface area contributed by atoms with Crippen LogP contribution in [0.15, 0.2) is 18.2 Å². The highest BCUT2D eigenvalue weighted by Crippen LogP contribution is 2.37. The predicted molar refractivity (Wildman–Crippen MR) is 84.7 cm³/mol. The van der Waals surface area contributed by atoms with Crippen LogP contribution in [0.3, 0.4) is 0 Å². The predicted octanol–water partition coefficient (Wildman–Crippen LogP) is 2.99. The Morgan fingerprint density at radius 1 is 1.40 bits per heavy atom. The van der Waals surface area contributed by atoms with Crippen molar-refractivity contribution in [2.45, 2.75) is 58.7 Å². The van der Waals surface area contributed by atoms with Crippen LogP contribution in [0.2, 0.25) is 0 Å². The molecular formula is C17H29N3. The zero-order valence-electron chi connectivity index (χ0n) is 13.6. The number of nitrogens with zero attached hydrogens (tertiary/aromatic N) is 2. The number of nitrogens with one attached hydrogen (secondary N) is 1. The Balaban J connectivity index is 2.09. The van der Waals surface area contributed by atoms with Gasteiger partial charge < -0.3 is 5.32 Å². The van der Waals surface area contributed by atoms with E-state index in [0.29, 0.717) is 17.5 Å². The van der Waals surface area contributed by atoms with E-state index in [1.165, 1.54) is 25.0 Å². The molecule has 20 heavy (non-hydrogen) atoms. The van der Waals surface area contributed by atoms with Crippen LogP contribution < -0.4 is 5.32 Å². The molecule has 0 radical (unpaired) electrons. The minimum absolute atomic E-state index is 0.367. The SMILES string of the molecule is CNC1C(N(C)Cc2cccc(C)n2)CCCC1(C)C. The largest absolute Gasteiger partial charge is 0.315 e. The molecule has 1 aromatic rings. The van der Waals surface area contributed by atoms with Crippen molar-refractivity contribution in [2.75, 3.05) is 14.1 Å². The highest BCUT2D eigenvalue weighted by atomic mass is 15.2. The number of hydrogen-bond donors (Lipinski definition) is 1. The lowest BCUT2D eigenvalue weighted by atomic mass is 9.70. The van der Waals surface area contributed by atoms with E-state index in [9.17, 15) is 0 Å². The monoisotopic (exact) mass is 275 g/mol. The molecule has 1 aromatic heterocycles. The Hall–Kier alpha value is -0.930. The lowest BCUT2D eigenvalue weighted by Gasteiger charge is -2.47. The van der Waals surface area contributed by atoms with Gasteiger partial charge in [-0.2, -0.15) is 0 Å². The maximum Gasteiger partial charge on any atom is 0.0547 e. The minimum atomic E-state index is 0.367. The Bertz CT molecular complexity index is 442. The van der Waals surface area contributed by atoms with Gasteiger partial charge >= 0.3 is 0 Å². The molecule has 1 N–H and O–H groups in total.